The Bertz CT molecular complexity index is 692. The van der Waals surface area contributed by atoms with Gasteiger partial charge in [0.15, 0.2) is 5.13 Å². The third kappa shape index (κ3) is 3.09. The monoisotopic (exact) mass is 301 g/mol. The van der Waals surface area contributed by atoms with Crippen LogP contribution in [0.3, 0.4) is 0 Å². The van der Waals surface area contributed by atoms with Crippen LogP contribution in [-0.2, 0) is 11.2 Å². The highest BCUT2D eigenvalue weighted by Crippen LogP contribution is 2.24. The molecule has 0 fully saturated rings. The van der Waals surface area contributed by atoms with Crippen LogP contribution in [0.15, 0.2) is 47.4 Å². The molecule has 0 spiro atoms. The summed E-state index contributed by atoms with van der Waals surface area (Å²) in [6.07, 6.45) is 3.84. The number of aromatic nitrogens is 2. The molecule has 0 atom stereocenters. The fourth-order valence-electron chi connectivity index (χ4n) is 1.72. The van der Waals surface area contributed by atoms with Gasteiger partial charge in [-0.2, -0.15) is 0 Å². The first kappa shape index (κ1) is 13.0. The van der Waals surface area contributed by atoms with E-state index < -0.39 is 0 Å². The highest BCUT2D eigenvalue weighted by molar-refractivity contribution is 7.14. The molecule has 20 heavy (non-hydrogen) atoms. The lowest BCUT2D eigenvalue weighted by molar-refractivity contribution is -0.115. The molecule has 0 radical (unpaired) electrons. The van der Waals surface area contributed by atoms with Crippen molar-refractivity contribution in [2.24, 2.45) is 0 Å². The Hall–Kier alpha value is -2.05. The van der Waals surface area contributed by atoms with Crippen molar-refractivity contribution in [2.75, 3.05) is 5.32 Å². The van der Waals surface area contributed by atoms with Crippen molar-refractivity contribution in [3.05, 3.63) is 52.3 Å². The minimum absolute atomic E-state index is 0.0388. The van der Waals surface area contributed by atoms with Crippen LogP contribution in [0.5, 0.6) is 0 Å². The molecule has 0 saturated carbocycles. The minimum atomic E-state index is -0.0388. The summed E-state index contributed by atoms with van der Waals surface area (Å²) in [6, 6.07) is 7.69. The van der Waals surface area contributed by atoms with Gasteiger partial charge in [-0.1, -0.05) is 6.07 Å². The number of rotatable bonds is 4. The average molecular weight is 301 g/mol. The number of pyridine rings is 1. The maximum atomic E-state index is 11.9. The first-order chi connectivity index (χ1) is 9.81. The van der Waals surface area contributed by atoms with Gasteiger partial charge in [0.1, 0.15) is 0 Å². The van der Waals surface area contributed by atoms with Crippen LogP contribution in [0.1, 0.15) is 4.88 Å². The van der Waals surface area contributed by atoms with E-state index in [4.69, 9.17) is 0 Å². The third-order valence-corrected chi connectivity index (χ3v) is 4.28. The molecular formula is C14H11N3OS2. The van der Waals surface area contributed by atoms with Crippen molar-refractivity contribution in [1.29, 1.82) is 0 Å². The van der Waals surface area contributed by atoms with E-state index in [1.165, 1.54) is 11.3 Å². The molecular weight excluding hydrogens is 290 g/mol. The Balaban J connectivity index is 1.67. The third-order valence-electron chi connectivity index (χ3n) is 2.64. The van der Waals surface area contributed by atoms with Gasteiger partial charge in [0.05, 0.1) is 12.1 Å². The number of nitrogens with one attached hydrogen (secondary N) is 1. The molecule has 100 valence electrons. The molecule has 0 saturated heterocycles. The maximum absolute atomic E-state index is 11.9. The summed E-state index contributed by atoms with van der Waals surface area (Å²) in [5.41, 5.74) is 1.85. The van der Waals surface area contributed by atoms with Gasteiger partial charge in [0, 0.05) is 28.2 Å². The topological polar surface area (TPSA) is 54.9 Å². The van der Waals surface area contributed by atoms with Gasteiger partial charge in [0.25, 0.3) is 0 Å². The van der Waals surface area contributed by atoms with E-state index in [2.05, 4.69) is 15.3 Å². The number of carbonyl (C=O) groups excluding carboxylic acids is 1. The average Bonchev–Trinajstić information content (AvgIpc) is 3.11. The van der Waals surface area contributed by atoms with Crippen molar-refractivity contribution in [3.63, 3.8) is 0 Å². The summed E-state index contributed by atoms with van der Waals surface area (Å²) in [5, 5.41) is 7.35. The Morgan fingerprint density at radius 1 is 1.20 bits per heavy atom. The zero-order valence-corrected chi connectivity index (χ0v) is 12.1. The van der Waals surface area contributed by atoms with E-state index in [-0.39, 0.29) is 5.91 Å². The lowest BCUT2D eigenvalue weighted by atomic mass is 10.2. The van der Waals surface area contributed by atoms with Crippen LogP contribution in [0.4, 0.5) is 5.13 Å². The van der Waals surface area contributed by atoms with Crippen LogP contribution in [0.25, 0.3) is 11.3 Å². The van der Waals surface area contributed by atoms with Crippen molar-refractivity contribution >= 4 is 33.7 Å². The number of thiazole rings is 1. The van der Waals surface area contributed by atoms with Crippen LogP contribution in [-0.4, -0.2) is 15.9 Å². The van der Waals surface area contributed by atoms with Gasteiger partial charge in [-0.25, -0.2) is 4.98 Å². The van der Waals surface area contributed by atoms with E-state index in [0.29, 0.717) is 11.6 Å². The normalized spacial score (nSPS) is 10.4. The van der Waals surface area contributed by atoms with Gasteiger partial charge in [-0.3, -0.25) is 9.78 Å². The molecule has 4 nitrogen and oxygen atoms in total. The number of hydrogen-bond acceptors (Lipinski definition) is 5. The number of nitrogens with zero attached hydrogens (tertiary/aromatic N) is 2. The molecule has 6 heteroatoms. The Kier molecular flexibility index (Phi) is 3.85. The van der Waals surface area contributed by atoms with Gasteiger partial charge >= 0.3 is 0 Å². The second-order valence-electron chi connectivity index (χ2n) is 4.08. The zero-order valence-electron chi connectivity index (χ0n) is 10.4. The summed E-state index contributed by atoms with van der Waals surface area (Å²) in [7, 11) is 0. The molecule has 0 aliphatic carbocycles. The van der Waals surface area contributed by atoms with Crippen molar-refractivity contribution in [1.82, 2.24) is 9.97 Å². The van der Waals surface area contributed by atoms with Crippen molar-refractivity contribution in [2.45, 2.75) is 6.42 Å². The molecule has 0 aromatic carbocycles. The van der Waals surface area contributed by atoms with Crippen LogP contribution in [0.2, 0.25) is 0 Å². The van der Waals surface area contributed by atoms with Crippen LogP contribution < -0.4 is 5.32 Å². The predicted molar refractivity (Wildman–Crippen MR) is 82.0 cm³/mol. The lowest BCUT2D eigenvalue weighted by Crippen LogP contribution is -2.13. The summed E-state index contributed by atoms with van der Waals surface area (Å²) in [6.45, 7) is 0. The first-order valence-electron chi connectivity index (χ1n) is 5.99. The van der Waals surface area contributed by atoms with Crippen LogP contribution >= 0.6 is 22.7 Å². The van der Waals surface area contributed by atoms with E-state index in [0.717, 1.165) is 16.1 Å². The zero-order chi connectivity index (χ0) is 13.8. The fourth-order valence-corrected chi connectivity index (χ4v) is 3.16. The molecule has 3 aromatic rings. The molecule has 3 heterocycles. The highest BCUT2D eigenvalue weighted by atomic mass is 32.1. The van der Waals surface area contributed by atoms with Gasteiger partial charge in [-0.05, 0) is 23.6 Å². The number of anilines is 1. The first-order valence-corrected chi connectivity index (χ1v) is 7.75. The number of amides is 1. The number of hydrogen-bond donors (Lipinski definition) is 1. The smallest absolute Gasteiger partial charge is 0.231 e. The summed E-state index contributed by atoms with van der Waals surface area (Å²) < 4.78 is 0. The Morgan fingerprint density at radius 2 is 2.05 bits per heavy atom. The second-order valence-corrected chi connectivity index (χ2v) is 5.97. The summed E-state index contributed by atoms with van der Waals surface area (Å²) >= 11 is 3.00. The van der Waals surface area contributed by atoms with Crippen molar-refractivity contribution in [3.8, 4) is 11.3 Å². The molecule has 1 amide bonds. The summed E-state index contributed by atoms with van der Waals surface area (Å²) in [4.78, 5) is 21.3. The summed E-state index contributed by atoms with van der Waals surface area (Å²) in [5.74, 6) is -0.0388. The molecule has 0 unspecified atom stereocenters. The van der Waals surface area contributed by atoms with Gasteiger partial charge < -0.3 is 5.32 Å². The predicted octanol–water partition coefficient (Wildman–Crippen LogP) is 3.45. The molecule has 0 aliphatic heterocycles. The molecule has 1 N–H and O–H groups in total. The Morgan fingerprint density at radius 3 is 2.80 bits per heavy atom. The minimum Gasteiger partial charge on any atom is -0.302 e. The highest BCUT2D eigenvalue weighted by Gasteiger charge is 2.09. The molecule has 3 aromatic heterocycles. The van der Waals surface area contributed by atoms with E-state index in [1.54, 1.807) is 23.7 Å². The van der Waals surface area contributed by atoms with Gasteiger partial charge in [0.2, 0.25) is 5.91 Å². The maximum Gasteiger partial charge on any atom is 0.231 e. The Labute approximate surface area is 124 Å². The molecule has 0 bridgehead atoms. The molecule has 0 aliphatic rings. The van der Waals surface area contributed by atoms with Gasteiger partial charge in [-0.15, -0.1) is 22.7 Å². The van der Waals surface area contributed by atoms with Crippen molar-refractivity contribution < 1.29 is 4.79 Å². The van der Waals surface area contributed by atoms with E-state index in [9.17, 15) is 4.79 Å². The standard InChI is InChI=1S/C14H11N3OS2/c18-13(8-11-2-1-7-19-11)17-14-16-12(9-20-14)10-3-5-15-6-4-10/h1-7,9H,8H2,(H,16,17,18). The quantitative estimate of drug-likeness (QED) is 0.803. The lowest BCUT2D eigenvalue weighted by Gasteiger charge is -1.99. The second kappa shape index (κ2) is 5.94. The molecule has 3 rings (SSSR count). The largest absolute Gasteiger partial charge is 0.302 e. The van der Waals surface area contributed by atoms with E-state index >= 15 is 0 Å². The SMILES string of the molecule is O=C(Cc1cccs1)Nc1nc(-c2ccncc2)cs1. The van der Waals surface area contributed by atoms with E-state index in [1.807, 2.05) is 35.0 Å². The fraction of sp³-hybridized carbons (Fsp3) is 0.0714. The number of carbonyl (C=O) groups is 1. The van der Waals surface area contributed by atoms with Crippen LogP contribution in [0, 0.1) is 0 Å². The number of thiophene rings is 1.